The van der Waals surface area contributed by atoms with Crippen molar-refractivity contribution in [2.24, 2.45) is 5.73 Å². The first kappa shape index (κ1) is 18.9. The second kappa shape index (κ2) is 7.51. The molecule has 0 atom stereocenters. The van der Waals surface area contributed by atoms with Gasteiger partial charge in [0, 0.05) is 12.1 Å². The topological polar surface area (TPSA) is 127 Å². The Morgan fingerprint density at radius 1 is 1.14 bits per heavy atom. The van der Waals surface area contributed by atoms with Crippen molar-refractivity contribution in [2.75, 3.05) is 7.11 Å². The second-order valence-electron chi connectivity index (χ2n) is 7.00. The number of benzene rings is 2. The Bertz CT molecular complexity index is 1030. The quantitative estimate of drug-likeness (QED) is 0.486. The number of nitrogens with zero attached hydrogens (tertiary/aromatic N) is 3. The molecule has 2 aromatic carbocycles. The maximum Gasteiger partial charge on any atom is 0.270 e. The van der Waals surface area contributed by atoms with Gasteiger partial charge in [-0.3, -0.25) is 10.1 Å². The lowest BCUT2D eigenvalue weighted by Crippen LogP contribution is -2.34. The fourth-order valence-corrected chi connectivity index (χ4v) is 3.42. The van der Waals surface area contributed by atoms with Crippen LogP contribution in [0.3, 0.4) is 0 Å². The largest absolute Gasteiger partial charge is 0.497 e. The van der Waals surface area contributed by atoms with Gasteiger partial charge in [0.2, 0.25) is 0 Å². The van der Waals surface area contributed by atoms with Crippen LogP contribution in [0.15, 0.2) is 47.0 Å². The molecule has 9 heteroatoms. The van der Waals surface area contributed by atoms with Gasteiger partial charge in [-0.05, 0) is 43.2 Å². The van der Waals surface area contributed by atoms with Crippen LogP contribution in [0.25, 0.3) is 11.5 Å². The number of non-ortho nitro benzene ring substituents is 1. The fourth-order valence-electron chi connectivity index (χ4n) is 3.42. The Kier molecular flexibility index (Phi) is 4.89. The number of nitro groups is 1. The molecule has 0 bridgehead atoms. The normalized spacial score (nSPS) is 15.2. The van der Waals surface area contributed by atoms with Crippen molar-refractivity contribution in [3.8, 4) is 28.7 Å². The molecule has 0 aliphatic heterocycles. The summed E-state index contributed by atoms with van der Waals surface area (Å²) < 4.78 is 16.5. The number of nitrogens with two attached hydrogens (primary N) is 1. The summed E-state index contributed by atoms with van der Waals surface area (Å²) >= 11 is 0. The summed E-state index contributed by atoms with van der Waals surface area (Å²) in [5.41, 5.74) is 6.00. The first-order chi connectivity index (χ1) is 14.0. The summed E-state index contributed by atoms with van der Waals surface area (Å²) in [6.07, 6.45) is 3.55. The van der Waals surface area contributed by atoms with Crippen molar-refractivity contribution >= 4 is 5.69 Å². The summed E-state index contributed by atoms with van der Waals surface area (Å²) in [7, 11) is 1.58. The van der Waals surface area contributed by atoms with Crippen molar-refractivity contribution in [1.82, 2.24) is 10.1 Å². The highest BCUT2D eigenvalue weighted by atomic mass is 16.6. The number of methoxy groups -OCH3 is 1. The molecule has 0 unspecified atom stereocenters. The molecule has 29 heavy (non-hydrogen) atoms. The average Bonchev–Trinajstić information content (AvgIpc) is 3.39. The standard InChI is InChI=1S/C20H20N4O5/c1-27-14-5-7-15(8-6-14)28-17-9-4-13(24(25)26)12-16(17)18-22-19(23-29-18)20(21)10-2-3-11-20/h4-9,12H,2-3,10-11,21H2,1H3. The predicted octanol–water partition coefficient (Wildman–Crippen LogP) is 4.17. The molecule has 9 nitrogen and oxygen atoms in total. The van der Waals surface area contributed by atoms with Gasteiger partial charge < -0.3 is 19.7 Å². The van der Waals surface area contributed by atoms with Crippen molar-refractivity contribution in [2.45, 2.75) is 31.2 Å². The monoisotopic (exact) mass is 396 g/mol. The van der Waals surface area contributed by atoms with Crippen LogP contribution in [0.4, 0.5) is 5.69 Å². The van der Waals surface area contributed by atoms with E-state index >= 15 is 0 Å². The molecule has 1 fully saturated rings. The smallest absolute Gasteiger partial charge is 0.270 e. The minimum absolute atomic E-state index is 0.106. The lowest BCUT2D eigenvalue weighted by molar-refractivity contribution is -0.384. The molecule has 1 aromatic heterocycles. The number of rotatable bonds is 6. The van der Waals surface area contributed by atoms with Gasteiger partial charge in [-0.25, -0.2) is 0 Å². The maximum absolute atomic E-state index is 11.3. The lowest BCUT2D eigenvalue weighted by Gasteiger charge is -2.17. The van der Waals surface area contributed by atoms with Crippen LogP contribution < -0.4 is 15.2 Å². The SMILES string of the molecule is COc1ccc(Oc2ccc([N+](=O)[O-])cc2-c2nc(C3(N)CCCC3)no2)cc1. The zero-order chi connectivity index (χ0) is 20.4. The first-order valence-electron chi connectivity index (χ1n) is 9.22. The molecule has 3 aromatic rings. The Labute approximate surface area is 166 Å². The van der Waals surface area contributed by atoms with E-state index in [0.717, 1.165) is 25.7 Å². The molecule has 2 N–H and O–H groups in total. The highest BCUT2D eigenvalue weighted by Gasteiger charge is 2.36. The van der Waals surface area contributed by atoms with Crippen LogP contribution in [0.1, 0.15) is 31.5 Å². The number of ether oxygens (including phenoxy) is 2. The van der Waals surface area contributed by atoms with Crippen molar-refractivity contribution in [1.29, 1.82) is 0 Å². The molecular weight excluding hydrogens is 376 g/mol. The molecule has 0 spiro atoms. The van der Waals surface area contributed by atoms with E-state index < -0.39 is 10.5 Å². The van der Waals surface area contributed by atoms with Crippen molar-refractivity contribution in [3.63, 3.8) is 0 Å². The molecule has 0 radical (unpaired) electrons. The third-order valence-electron chi connectivity index (χ3n) is 5.06. The van der Waals surface area contributed by atoms with Gasteiger partial charge in [0.15, 0.2) is 5.82 Å². The molecule has 1 saturated carbocycles. The van der Waals surface area contributed by atoms with Crippen LogP contribution in [-0.2, 0) is 5.54 Å². The van der Waals surface area contributed by atoms with E-state index in [4.69, 9.17) is 19.7 Å². The number of hydrogen-bond acceptors (Lipinski definition) is 8. The maximum atomic E-state index is 11.3. The molecule has 1 heterocycles. The molecule has 0 saturated heterocycles. The Morgan fingerprint density at radius 2 is 1.83 bits per heavy atom. The summed E-state index contributed by atoms with van der Waals surface area (Å²) in [5, 5.41) is 15.3. The fraction of sp³-hybridized carbons (Fsp3) is 0.300. The molecule has 150 valence electrons. The van der Waals surface area contributed by atoms with E-state index in [1.54, 1.807) is 31.4 Å². The molecule has 1 aliphatic carbocycles. The van der Waals surface area contributed by atoms with Crippen molar-refractivity contribution < 1.29 is 18.9 Å². The summed E-state index contributed by atoms with van der Waals surface area (Å²) in [5.74, 6) is 2.11. The van der Waals surface area contributed by atoms with Gasteiger partial charge in [-0.1, -0.05) is 18.0 Å². The van der Waals surface area contributed by atoms with E-state index in [9.17, 15) is 10.1 Å². The highest BCUT2D eigenvalue weighted by molar-refractivity contribution is 5.67. The third-order valence-corrected chi connectivity index (χ3v) is 5.06. The van der Waals surface area contributed by atoms with E-state index in [1.807, 2.05) is 0 Å². The molecule has 1 aliphatic rings. The van der Waals surface area contributed by atoms with E-state index in [1.165, 1.54) is 18.2 Å². The van der Waals surface area contributed by atoms with Crippen LogP contribution in [0.2, 0.25) is 0 Å². The van der Waals surface area contributed by atoms with E-state index in [0.29, 0.717) is 28.6 Å². The Morgan fingerprint density at radius 3 is 2.48 bits per heavy atom. The van der Waals surface area contributed by atoms with Crippen LogP contribution >= 0.6 is 0 Å². The van der Waals surface area contributed by atoms with Gasteiger partial charge in [0.05, 0.1) is 23.1 Å². The van der Waals surface area contributed by atoms with Crippen LogP contribution in [0, 0.1) is 10.1 Å². The Balaban J connectivity index is 1.71. The van der Waals surface area contributed by atoms with Gasteiger partial charge >= 0.3 is 0 Å². The minimum Gasteiger partial charge on any atom is -0.497 e. The van der Waals surface area contributed by atoms with Gasteiger partial charge in [0.25, 0.3) is 11.6 Å². The summed E-state index contributed by atoms with van der Waals surface area (Å²) in [4.78, 5) is 15.2. The zero-order valence-electron chi connectivity index (χ0n) is 15.8. The lowest BCUT2D eigenvalue weighted by atomic mass is 9.98. The predicted molar refractivity (Wildman–Crippen MR) is 104 cm³/mol. The van der Waals surface area contributed by atoms with E-state index in [2.05, 4.69) is 10.1 Å². The van der Waals surface area contributed by atoms with E-state index in [-0.39, 0.29) is 11.6 Å². The first-order valence-corrected chi connectivity index (χ1v) is 9.22. The minimum atomic E-state index is -0.626. The molecular formula is C20H20N4O5. The number of hydrogen-bond donors (Lipinski definition) is 1. The summed E-state index contributed by atoms with van der Waals surface area (Å²) in [6.45, 7) is 0. The van der Waals surface area contributed by atoms with Gasteiger partial charge in [-0.15, -0.1) is 0 Å². The highest BCUT2D eigenvalue weighted by Crippen LogP contribution is 2.39. The van der Waals surface area contributed by atoms with Crippen molar-refractivity contribution in [3.05, 3.63) is 58.4 Å². The van der Waals surface area contributed by atoms with Gasteiger partial charge in [0.1, 0.15) is 17.2 Å². The molecule has 0 amide bonds. The van der Waals surface area contributed by atoms with Gasteiger partial charge in [-0.2, -0.15) is 4.98 Å². The van der Waals surface area contributed by atoms with Crippen LogP contribution in [-0.4, -0.2) is 22.2 Å². The summed E-state index contributed by atoms with van der Waals surface area (Å²) in [6, 6.07) is 11.2. The second-order valence-corrected chi connectivity index (χ2v) is 7.00. The number of aromatic nitrogens is 2. The zero-order valence-corrected chi connectivity index (χ0v) is 15.8. The van der Waals surface area contributed by atoms with Crippen LogP contribution in [0.5, 0.6) is 17.2 Å². The average molecular weight is 396 g/mol. The Hall–Kier alpha value is -3.46. The third kappa shape index (κ3) is 3.77. The molecule has 4 rings (SSSR count). The number of nitro benzene ring substituents is 1.